The van der Waals surface area contributed by atoms with E-state index >= 15 is 0 Å². The van der Waals surface area contributed by atoms with E-state index in [2.05, 4.69) is 4.74 Å². The largest absolute Gasteiger partial charge is 0.573 e. The van der Waals surface area contributed by atoms with Crippen molar-refractivity contribution in [3.05, 3.63) is 78.9 Å². The zero-order valence-electron chi connectivity index (χ0n) is 17.3. The van der Waals surface area contributed by atoms with Crippen LogP contribution in [0, 0.1) is 0 Å². The zero-order valence-corrected chi connectivity index (χ0v) is 18.1. The summed E-state index contributed by atoms with van der Waals surface area (Å²) < 4.78 is 54.4. The molecule has 0 radical (unpaired) electrons. The second kappa shape index (κ2) is 10.6. The van der Waals surface area contributed by atoms with Crippen LogP contribution in [0.25, 0.3) is 0 Å². The van der Waals surface area contributed by atoms with Crippen molar-refractivity contribution in [3.63, 3.8) is 0 Å². The molecule has 1 atom stereocenters. The third kappa shape index (κ3) is 6.42. The van der Waals surface area contributed by atoms with E-state index in [0.29, 0.717) is 13.0 Å². The van der Waals surface area contributed by atoms with Gasteiger partial charge in [0.1, 0.15) is 0 Å². The fourth-order valence-corrected chi connectivity index (χ4v) is 5.10. The van der Waals surface area contributed by atoms with Crippen molar-refractivity contribution < 1.29 is 27.4 Å². The van der Waals surface area contributed by atoms with Crippen LogP contribution in [0.15, 0.2) is 93.5 Å². The van der Waals surface area contributed by atoms with Gasteiger partial charge in [0.2, 0.25) is 0 Å². The van der Waals surface area contributed by atoms with Crippen molar-refractivity contribution in [2.75, 3.05) is 6.61 Å². The van der Waals surface area contributed by atoms with Crippen LogP contribution in [0.4, 0.5) is 13.2 Å². The minimum absolute atomic E-state index is 0.000475. The van der Waals surface area contributed by atoms with E-state index in [1.54, 1.807) is 19.1 Å². The monoisotopic (exact) mass is 449 g/mol. The van der Waals surface area contributed by atoms with Crippen molar-refractivity contribution in [2.24, 2.45) is 0 Å². The molecule has 164 valence electrons. The average Bonchev–Trinajstić information content (AvgIpc) is 2.76. The highest BCUT2D eigenvalue weighted by molar-refractivity contribution is 7.97. The van der Waals surface area contributed by atoms with Gasteiger partial charge in [-0.2, -0.15) is 0 Å². The number of hydrogen-bond acceptors (Lipinski definition) is 3. The van der Waals surface area contributed by atoms with E-state index < -0.39 is 23.5 Å². The standard InChI is InChI=1S/C24H24F3O3S/c1-3-23(28-4-2)29-22-17-20(15-16-21(22)30-24(25,26)27)31(18-11-7-5-8-12-18)19-13-9-6-10-14-19/h5-17,23H,3-4H2,1-2H3/q+1. The molecule has 7 heteroatoms. The molecular formula is C24H24F3O3S+. The Morgan fingerprint density at radius 3 is 1.84 bits per heavy atom. The molecule has 0 saturated heterocycles. The number of halogens is 3. The number of alkyl halides is 3. The van der Waals surface area contributed by atoms with Gasteiger partial charge in [0.05, 0.1) is 10.9 Å². The molecule has 0 fully saturated rings. The first-order valence-corrected chi connectivity index (χ1v) is 11.2. The van der Waals surface area contributed by atoms with Gasteiger partial charge in [-0.15, -0.1) is 13.2 Å². The SMILES string of the molecule is CCOC(CC)Oc1cc([S+](c2ccccc2)c2ccccc2)ccc1OC(F)(F)F. The lowest BCUT2D eigenvalue weighted by atomic mass is 10.3. The number of hydrogen-bond donors (Lipinski definition) is 0. The van der Waals surface area contributed by atoms with E-state index in [0.717, 1.165) is 14.7 Å². The lowest BCUT2D eigenvalue weighted by molar-refractivity contribution is -0.275. The fraction of sp³-hybridized carbons (Fsp3) is 0.250. The smallest absolute Gasteiger partial charge is 0.461 e. The molecule has 3 rings (SSSR count). The van der Waals surface area contributed by atoms with Crippen LogP contribution in [0.1, 0.15) is 20.3 Å². The Kier molecular flexibility index (Phi) is 7.87. The topological polar surface area (TPSA) is 27.7 Å². The lowest BCUT2D eigenvalue weighted by Gasteiger charge is -2.20. The van der Waals surface area contributed by atoms with Gasteiger partial charge >= 0.3 is 6.36 Å². The minimum atomic E-state index is -4.83. The normalized spacial score (nSPS) is 12.6. The van der Waals surface area contributed by atoms with Gasteiger partial charge in [-0.1, -0.05) is 43.3 Å². The summed E-state index contributed by atoms with van der Waals surface area (Å²) in [7, 11) is -0.534. The highest BCUT2D eigenvalue weighted by atomic mass is 32.2. The average molecular weight is 450 g/mol. The fourth-order valence-electron chi connectivity index (χ4n) is 3.00. The van der Waals surface area contributed by atoms with Crippen molar-refractivity contribution >= 4 is 10.9 Å². The van der Waals surface area contributed by atoms with Crippen molar-refractivity contribution in [1.29, 1.82) is 0 Å². The molecule has 0 bridgehead atoms. The molecule has 3 aromatic rings. The summed E-state index contributed by atoms with van der Waals surface area (Å²) in [4.78, 5) is 2.90. The van der Waals surface area contributed by atoms with Crippen LogP contribution in [0.2, 0.25) is 0 Å². The quantitative estimate of drug-likeness (QED) is 0.265. The Labute approximate surface area is 183 Å². The molecule has 0 aliphatic carbocycles. The van der Waals surface area contributed by atoms with Crippen LogP contribution < -0.4 is 9.47 Å². The molecule has 0 N–H and O–H groups in total. The van der Waals surface area contributed by atoms with Gasteiger partial charge in [-0.3, -0.25) is 0 Å². The number of benzene rings is 3. The first kappa shape index (κ1) is 23.0. The highest BCUT2D eigenvalue weighted by Gasteiger charge is 2.35. The maximum Gasteiger partial charge on any atom is 0.573 e. The Hall–Kier alpha value is -2.64. The van der Waals surface area contributed by atoms with Gasteiger partial charge in [0.25, 0.3) is 0 Å². The molecule has 0 amide bonds. The second-order valence-electron chi connectivity index (χ2n) is 6.50. The molecule has 0 aromatic heterocycles. The summed E-state index contributed by atoms with van der Waals surface area (Å²) in [6.45, 7) is 4.02. The van der Waals surface area contributed by atoms with Gasteiger partial charge in [0, 0.05) is 19.1 Å². The number of ether oxygens (including phenoxy) is 3. The van der Waals surface area contributed by atoms with E-state index in [1.807, 2.05) is 67.6 Å². The molecule has 3 nitrogen and oxygen atoms in total. The first-order chi connectivity index (χ1) is 14.9. The third-order valence-electron chi connectivity index (χ3n) is 4.28. The van der Waals surface area contributed by atoms with Crippen LogP contribution in [0.3, 0.4) is 0 Å². The van der Waals surface area contributed by atoms with Gasteiger partial charge in [0.15, 0.2) is 32.5 Å². The second-order valence-corrected chi connectivity index (χ2v) is 8.53. The van der Waals surface area contributed by atoms with Crippen LogP contribution in [-0.4, -0.2) is 19.3 Å². The van der Waals surface area contributed by atoms with Crippen LogP contribution in [0.5, 0.6) is 11.5 Å². The third-order valence-corrected chi connectivity index (χ3v) is 6.49. The van der Waals surface area contributed by atoms with Crippen LogP contribution >= 0.6 is 0 Å². The predicted octanol–water partition coefficient (Wildman–Crippen LogP) is 6.83. The van der Waals surface area contributed by atoms with Crippen molar-refractivity contribution in [3.8, 4) is 11.5 Å². The van der Waals surface area contributed by atoms with E-state index in [9.17, 15) is 13.2 Å². The molecule has 0 spiro atoms. The molecule has 3 aromatic carbocycles. The zero-order chi connectivity index (χ0) is 22.3. The Bertz CT molecular complexity index is 910. The summed E-state index contributed by atoms with van der Waals surface area (Å²) in [5.74, 6) is -0.390. The summed E-state index contributed by atoms with van der Waals surface area (Å²) in [6.07, 6.45) is -5.02. The van der Waals surface area contributed by atoms with Crippen molar-refractivity contribution in [2.45, 2.75) is 47.6 Å². The van der Waals surface area contributed by atoms with E-state index in [-0.39, 0.29) is 11.5 Å². The molecule has 1 unspecified atom stereocenters. The summed E-state index contributed by atoms with van der Waals surface area (Å²) >= 11 is 0. The Morgan fingerprint density at radius 1 is 0.774 bits per heavy atom. The van der Waals surface area contributed by atoms with Crippen molar-refractivity contribution in [1.82, 2.24) is 0 Å². The Balaban J connectivity index is 2.08. The molecule has 0 heterocycles. The molecule has 31 heavy (non-hydrogen) atoms. The van der Waals surface area contributed by atoms with Gasteiger partial charge in [-0.05, 0) is 43.3 Å². The molecular weight excluding hydrogens is 425 g/mol. The van der Waals surface area contributed by atoms with Crippen LogP contribution in [-0.2, 0) is 15.6 Å². The maximum atomic E-state index is 13.0. The maximum absolute atomic E-state index is 13.0. The Morgan fingerprint density at radius 2 is 1.35 bits per heavy atom. The van der Waals surface area contributed by atoms with Gasteiger partial charge < -0.3 is 14.2 Å². The number of rotatable bonds is 9. The predicted molar refractivity (Wildman–Crippen MR) is 115 cm³/mol. The summed E-state index contributed by atoms with van der Waals surface area (Å²) in [5.41, 5.74) is 0. The molecule has 0 aliphatic rings. The first-order valence-electron chi connectivity index (χ1n) is 9.93. The summed E-state index contributed by atoms with van der Waals surface area (Å²) in [5, 5.41) is 0. The highest BCUT2D eigenvalue weighted by Crippen LogP contribution is 2.39. The molecule has 0 aliphatic heterocycles. The van der Waals surface area contributed by atoms with Gasteiger partial charge in [-0.25, -0.2) is 0 Å². The summed E-state index contributed by atoms with van der Waals surface area (Å²) in [6, 6.07) is 24.2. The van der Waals surface area contributed by atoms with E-state index in [1.165, 1.54) is 6.07 Å². The molecule has 0 saturated carbocycles. The lowest BCUT2D eigenvalue weighted by Crippen LogP contribution is -2.22. The van der Waals surface area contributed by atoms with E-state index in [4.69, 9.17) is 9.47 Å². The minimum Gasteiger partial charge on any atom is -0.461 e.